The van der Waals surface area contributed by atoms with E-state index >= 15 is 0 Å². The summed E-state index contributed by atoms with van der Waals surface area (Å²) in [7, 11) is 0. The molecule has 0 bridgehead atoms. The van der Waals surface area contributed by atoms with E-state index in [-0.39, 0.29) is 5.82 Å². The van der Waals surface area contributed by atoms with Crippen LogP contribution >= 0.6 is 15.9 Å². The molecule has 2 aromatic rings. The van der Waals surface area contributed by atoms with Crippen LogP contribution in [0.1, 0.15) is 23.6 Å². The third-order valence-corrected chi connectivity index (χ3v) is 3.88. The molecule has 0 radical (unpaired) electrons. The number of benzene rings is 2. The molecule has 3 heteroatoms. The lowest BCUT2D eigenvalue weighted by Gasteiger charge is -2.10. The van der Waals surface area contributed by atoms with Gasteiger partial charge in [-0.2, -0.15) is 0 Å². The van der Waals surface area contributed by atoms with E-state index in [9.17, 15) is 4.39 Å². The highest BCUT2D eigenvalue weighted by molar-refractivity contribution is 9.10. The van der Waals surface area contributed by atoms with E-state index in [0.29, 0.717) is 0 Å². The Morgan fingerprint density at radius 1 is 1.00 bits per heavy atom. The molecule has 0 aliphatic rings. The van der Waals surface area contributed by atoms with Crippen LogP contribution in [0.4, 0.5) is 4.39 Å². The molecular weight excluding hydrogens is 305 g/mol. The summed E-state index contributed by atoms with van der Waals surface area (Å²) in [5, 5.41) is 3.40. The molecule has 0 aliphatic carbocycles. The fourth-order valence-electron chi connectivity index (χ4n) is 2.07. The van der Waals surface area contributed by atoms with Gasteiger partial charge in [0, 0.05) is 17.6 Å². The minimum atomic E-state index is -0.216. The number of halogens is 2. The molecule has 2 rings (SSSR count). The van der Waals surface area contributed by atoms with Gasteiger partial charge < -0.3 is 5.32 Å². The molecular formula is C16H17BrFN. The average Bonchev–Trinajstić information content (AvgIpc) is 2.42. The number of aryl methyl sites for hydroxylation is 1. The third-order valence-electron chi connectivity index (χ3n) is 3.15. The SMILES string of the molecule is CCc1ccccc1CNCc1ccc(F)cc1Br. The van der Waals surface area contributed by atoms with E-state index in [2.05, 4.69) is 52.4 Å². The van der Waals surface area contributed by atoms with Crippen LogP contribution in [-0.4, -0.2) is 0 Å². The van der Waals surface area contributed by atoms with Crippen molar-refractivity contribution in [1.82, 2.24) is 5.32 Å². The minimum Gasteiger partial charge on any atom is -0.309 e. The molecule has 0 saturated carbocycles. The van der Waals surface area contributed by atoms with Crippen molar-refractivity contribution in [3.05, 3.63) is 69.4 Å². The maximum absolute atomic E-state index is 13.0. The summed E-state index contributed by atoms with van der Waals surface area (Å²) in [6.07, 6.45) is 1.04. The van der Waals surface area contributed by atoms with E-state index in [1.165, 1.54) is 23.3 Å². The van der Waals surface area contributed by atoms with E-state index in [4.69, 9.17) is 0 Å². The first kappa shape index (κ1) is 14.2. The van der Waals surface area contributed by atoms with Crippen molar-refractivity contribution in [3.8, 4) is 0 Å². The van der Waals surface area contributed by atoms with Crippen molar-refractivity contribution >= 4 is 15.9 Å². The highest BCUT2D eigenvalue weighted by atomic mass is 79.9. The second kappa shape index (κ2) is 6.83. The molecule has 0 atom stereocenters. The normalized spacial score (nSPS) is 10.7. The molecule has 1 N–H and O–H groups in total. The Balaban J connectivity index is 1.96. The largest absolute Gasteiger partial charge is 0.309 e. The highest BCUT2D eigenvalue weighted by Gasteiger charge is 2.03. The molecule has 19 heavy (non-hydrogen) atoms. The zero-order valence-corrected chi connectivity index (χ0v) is 12.5. The van der Waals surface area contributed by atoms with Gasteiger partial charge in [-0.3, -0.25) is 0 Å². The zero-order chi connectivity index (χ0) is 13.7. The van der Waals surface area contributed by atoms with Crippen molar-refractivity contribution < 1.29 is 4.39 Å². The van der Waals surface area contributed by atoms with Crippen LogP contribution in [0.15, 0.2) is 46.9 Å². The van der Waals surface area contributed by atoms with Gasteiger partial charge in [0.2, 0.25) is 0 Å². The Hall–Kier alpha value is -1.19. The van der Waals surface area contributed by atoms with E-state index in [1.54, 1.807) is 6.07 Å². The van der Waals surface area contributed by atoms with E-state index in [1.807, 2.05) is 0 Å². The Kier molecular flexibility index (Phi) is 5.11. The van der Waals surface area contributed by atoms with Crippen LogP contribution in [0, 0.1) is 5.82 Å². The summed E-state index contributed by atoms with van der Waals surface area (Å²) in [5.41, 5.74) is 3.76. The van der Waals surface area contributed by atoms with Gasteiger partial charge in [0.1, 0.15) is 5.82 Å². The Morgan fingerprint density at radius 2 is 1.68 bits per heavy atom. The lowest BCUT2D eigenvalue weighted by Crippen LogP contribution is -2.14. The second-order valence-electron chi connectivity index (χ2n) is 4.46. The third kappa shape index (κ3) is 3.88. The molecule has 1 nitrogen and oxygen atoms in total. The first-order chi connectivity index (χ1) is 9.20. The molecule has 100 valence electrons. The van der Waals surface area contributed by atoms with Crippen molar-refractivity contribution in [2.45, 2.75) is 26.4 Å². The molecule has 0 amide bonds. The zero-order valence-electron chi connectivity index (χ0n) is 10.9. The Bertz CT molecular complexity index is 554. The van der Waals surface area contributed by atoms with Crippen LogP contribution in [0.2, 0.25) is 0 Å². The molecule has 0 aromatic heterocycles. The summed E-state index contributed by atoms with van der Waals surface area (Å²) >= 11 is 3.38. The van der Waals surface area contributed by atoms with Gasteiger partial charge in [0.15, 0.2) is 0 Å². The average molecular weight is 322 g/mol. The predicted octanol–water partition coefficient (Wildman–Crippen LogP) is 4.44. The first-order valence-electron chi connectivity index (χ1n) is 6.42. The fourth-order valence-corrected chi connectivity index (χ4v) is 2.56. The van der Waals surface area contributed by atoms with Crippen LogP contribution in [0.25, 0.3) is 0 Å². The monoisotopic (exact) mass is 321 g/mol. The van der Waals surface area contributed by atoms with Gasteiger partial charge >= 0.3 is 0 Å². The first-order valence-corrected chi connectivity index (χ1v) is 7.21. The Morgan fingerprint density at radius 3 is 2.37 bits per heavy atom. The Labute approximate surface area is 122 Å². The lowest BCUT2D eigenvalue weighted by molar-refractivity contribution is 0.623. The lowest BCUT2D eigenvalue weighted by atomic mass is 10.1. The van der Waals surface area contributed by atoms with Crippen molar-refractivity contribution in [2.24, 2.45) is 0 Å². The summed E-state index contributed by atoms with van der Waals surface area (Å²) < 4.78 is 13.8. The van der Waals surface area contributed by atoms with Gasteiger partial charge in [0.05, 0.1) is 0 Å². The summed E-state index contributed by atoms with van der Waals surface area (Å²) in [6.45, 7) is 3.71. The fraction of sp³-hybridized carbons (Fsp3) is 0.250. The molecule has 0 unspecified atom stereocenters. The number of hydrogen-bond donors (Lipinski definition) is 1. The molecule has 0 spiro atoms. The van der Waals surface area contributed by atoms with Crippen LogP contribution < -0.4 is 5.32 Å². The van der Waals surface area contributed by atoms with Gasteiger partial charge in [0.25, 0.3) is 0 Å². The number of rotatable bonds is 5. The van der Waals surface area contributed by atoms with Gasteiger partial charge in [-0.05, 0) is 35.2 Å². The second-order valence-corrected chi connectivity index (χ2v) is 5.32. The molecule has 0 aliphatic heterocycles. The van der Waals surface area contributed by atoms with Crippen LogP contribution in [0.5, 0.6) is 0 Å². The maximum atomic E-state index is 13.0. The molecule has 0 fully saturated rings. The quantitative estimate of drug-likeness (QED) is 0.858. The van der Waals surface area contributed by atoms with Crippen molar-refractivity contribution in [1.29, 1.82) is 0 Å². The van der Waals surface area contributed by atoms with E-state index < -0.39 is 0 Å². The van der Waals surface area contributed by atoms with Crippen molar-refractivity contribution in [3.63, 3.8) is 0 Å². The smallest absolute Gasteiger partial charge is 0.124 e. The molecule has 2 aromatic carbocycles. The van der Waals surface area contributed by atoms with E-state index in [0.717, 1.165) is 29.5 Å². The maximum Gasteiger partial charge on any atom is 0.124 e. The summed E-state index contributed by atoms with van der Waals surface area (Å²) in [6, 6.07) is 13.2. The summed E-state index contributed by atoms with van der Waals surface area (Å²) in [5.74, 6) is -0.216. The van der Waals surface area contributed by atoms with Gasteiger partial charge in [-0.1, -0.05) is 53.2 Å². The number of nitrogens with one attached hydrogen (secondary N) is 1. The molecule has 0 heterocycles. The highest BCUT2D eigenvalue weighted by Crippen LogP contribution is 2.18. The standard InChI is InChI=1S/C16H17BrFN/c1-2-12-5-3-4-6-13(12)10-19-11-14-7-8-15(18)9-16(14)17/h3-9,19H,2,10-11H2,1H3. The predicted molar refractivity (Wildman–Crippen MR) is 80.5 cm³/mol. The molecule has 0 saturated heterocycles. The number of hydrogen-bond acceptors (Lipinski definition) is 1. The topological polar surface area (TPSA) is 12.0 Å². The van der Waals surface area contributed by atoms with Gasteiger partial charge in [-0.25, -0.2) is 4.39 Å². The minimum absolute atomic E-state index is 0.216. The van der Waals surface area contributed by atoms with Gasteiger partial charge in [-0.15, -0.1) is 0 Å². The van der Waals surface area contributed by atoms with Crippen LogP contribution in [0.3, 0.4) is 0 Å². The van der Waals surface area contributed by atoms with Crippen LogP contribution in [-0.2, 0) is 19.5 Å². The van der Waals surface area contributed by atoms with Crippen molar-refractivity contribution in [2.75, 3.05) is 0 Å². The summed E-state index contributed by atoms with van der Waals surface area (Å²) in [4.78, 5) is 0.